The quantitative estimate of drug-likeness (QED) is 0.810. The molecular formula is C12H15N3O3. The van der Waals surface area contributed by atoms with E-state index in [1.807, 2.05) is 0 Å². The molecule has 6 heteroatoms. The summed E-state index contributed by atoms with van der Waals surface area (Å²) in [6, 6.07) is 1.75. The fraction of sp³-hybridized carbons (Fsp3) is 0.333. The fourth-order valence-electron chi connectivity index (χ4n) is 2.10. The van der Waals surface area contributed by atoms with Gasteiger partial charge in [-0.2, -0.15) is 5.10 Å². The normalized spacial score (nSPS) is 26.8. The topological polar surface area (TPSA) is 90.2 Å². The molecule has 1 aromatic rings. The molecule has 1 amide bonds. The maximum atomic E-state index is 11.7. The first-order valence-corrected chi connectivity index (χ1v) is 5.44. The summed E-state index contributed by atoms with van der Waals surface area (Å²) in [7, 11) is 3.04. The van der Waals surface area contributed by atoms with E-state index in [1.165, 1.54) is 14.2 Å². The average molecular weight is 249 g/mol. The van der Waals surface area contributed by atoms with Gasteiger partial charge < -0.3 is 15.2 Å². The number of allylic oxidation sites excluding steroid dienone is 1. The monoisotopic (exact) mass is 249 g/mol. The van der Waals surface area contributed by atoms with Gasteiger partial charge in [0.2, 0.25) is 5.91 Å². The van der Waals surface area contributed by atoms with Gasteiger partial charge in [0.15, 0.2) is 0 Å². The molecular weight excluding hydrogens is 234 g/mol. The summed E-state index contributed by atoms with van der Waals surface area (Å²) < 4.78 is 10.6. The number of nitrogens with one attached hydrogen (secondary N) is 1. The summed E-state index contributed by atoms with van der Waals surface area (Å²) in [6.07, 6.45) is 6.77. The second kappa shape index (κ2) is 4.66. The Hall–Kier alpha value is -2.08. The van der Waals surface area contributed by atoms with Gasteiger partial charge in [-0.1, -0.05) is 0 Å². The average Bonchev–Trinajstić information content (AvgIpc) is 2.92. The maximum absolute atomic E-state index is 11.7. The van der Waals surface area contributed by atoms with E-state index >= 15 is 0 Å². The van der Waals surface area contributed by atoms with Crippen molar-refractivity contribution in [3.63, 3.8) is 0 Å². The third kappa shape index (κ3) is 1.80. The van der Waals surface area contributed by atoms with Gasteiger partial charge in [0.1, 0.15) is 11.4 Å². The second-order valence-electron chi connectivity index (χ2n) is 3.94. The molecule has 1 aliphatic carbocycles. The number of ether oxygens (including phenoxy) is 2. The molecule has 2 rings (SSSR count). The summed E-state index contributed by atoms with van der Waals surface area (Å²) in [5.41, 5.74) is 5.05. The summed E-state index contributed by atoms with van der Waals surface area (Å²) in [4.78, 5) is 11.7. The van der Waals surface area contributed by atoms with Crippen molar-refractivity contribution in [1.82, 2.24) is 10.2 Å². The number of aromatic amines is 1. The van der Waals surface area contributed by atoms with E-state index in [9.17, 15) is 4.79 Å². The predicted octanol–water partition coefficient (Wildman–Crippen LogP) is 0.453. The molecule has 0 spiro atoms. The highest BCUT2D eigenvalue weighted by Crippen LogP contribution is 2.38. The Morgan fingerprint density at radius 2 is 2.33 bits per heavy atom. The summed E-state index contributed by atoms with van der Waals surface area (Å²) in [6.45, 7) is 0. The highest BCUT2D eigenvalue weighted by molar-refractivity contribution is 5.81. The number of carbonyl (C=O) groups is 1. The molecule has 0 saturated heterocycles. The largest absolute Gasteiger partial charge is 0.497 e. The van der Waals surface area contributed by atoms with Gasteiger partial charge in [0.25, 0.3) is 0 Å². The molecule has 96 valence electrons. The number of primary amides is 1. The van der Waals surface area contributed by atoms with Gasteiger partial charge in [-0.05, 0) is 24.3 Å². The number of carbonyl (C=O) groups excluding carboxylic acids is 1. The molecule has 1 heterocycles. The Morgan fingerprint density at radius 3 is 2.83 bits per heavy atom. The van der Waals surface area contributed by atoms with E-state index in [0.29, 0.717) is 11.5 Å². The number of hydrogen-bond donors (Lipinski definition) is 2. The van der Waals surface area contributed by atoms with Crippen LogP contribution in [0.3, 0.4) is 0 Å². The molecule has 0 aliphatic heterocycles. The van der Waals surface area contributed by atoms with Crippen molar-refractivity contribution in [1.29, 1.82) is 0 Å². The van der Waals surface area contributed by atoms with E-state index < -0.39 is 17.4 Å². The molecule has 2 atom stereocenters. The van der Waals surface area contributed by atoms with Gasteiger partial charge in [0, 0.05) is 13.3 Å². The Balaban J connectivity index is 2.50. The minimum atomic E-state index is -0.992. The number of rotatable bonds is 4. The number of amides is 1. The lowest BCUT2D eigenvalue weighted by Gasteiger charge is -2.34. The molecule has 0 fully saturated rings. The van der Waals surface area contributed by atoms with Crippen LogP contribution >= 0.6 is 0 Å². The zero-order valence-corrected chi connectivity index (χ0v) is 10.2. The highest BCUT2D eigenvalue weighted by Gasteiger charge is 2.44. The van der Waals surface area contributed by atoms with Crippen LogP contribution in [0.5, 0.6) is 0 Å². The first-order valence-electron chi connectivity index (χ1n) is 5.44. The highest BCUT2D eigenvalue weighted by atomic mass is 16.5. The molecule has 3 N–H and O–H groups in total. The van der Waals surface area contributed by atoms with Gasteiger partial charge in [0.05, 0.1) is 18.7 Å². The van der Waals surface area contributed by atoms with Crippen molar-refractivity contribution in [3.05, 3.63) is 41.9 Å². The molecule has 2 unspecified atom stereocenters. The Labute approximate surface area is 104 Å². The van der Waals surface area contributed by atoms with Crippen LogP contribution in [-0.4, -0.2) is 30.3 Å². The molecule has 0 radical (unpaired) electrons. The van der Waals surface area contributed by atoms with Gasteiger partial charge in [-0.3, -0.25) is 9.89 Å². The zero-order valence-electron chi connectivity index (χ0n) is 10.2. The second-order valence-corrected chi connectivity index (χ2v) is 3.94. The third-order valence-corrected chi connectivity index (χ3v) is 3.07. The third-order valence-electron chi connectivity index (χ3n) is 3.07. The lowest BCUT2D eigenvalue weighted by atomic mass is 9.80. The van der Waals surface area contributed by atoms with E-state index in [4.69, 9.17) is 15.2 Å². The molecule has 6 nitrogen and oxygen atoms in total. The van der Waals surface area contributed by atoms with Gasteiger partial charge in [-0.15, -0.1) is 0 Å². The van der Waals surface area contributed by atoms with Crippen molar-refractivity contribution in [3.8, 4) is 0 Å². The van der Waals surface area contributed by atoms with Crippen molar-refractivity contribution in [2.24, 2.45) is 11.7 Å². The SMILES string of the molecule is COC1=CC(C(N)=O)C(OC)(c2cc[nH]n2)C=C1. The Kier molecular flexibility index (Phi) is 3.20. The van der Waals surface area contributed by atoms with Gasteiger partial charge >= 0.3 is 0 Å². The fourth-order valence-corrected chi connectivity index (χ4v) is 2.10. The zero-order chi connectivity index (χ0) is 13.2. The maximum Gasteiger partial charge on any atom is 0.228 e. The van der Waals surface area contributed by atoms with Crippen LogP contribution in [0.1, 0.15) is 5.69 Å². The predicted molar refractivity (Wildman–Crippen MR) is 64.2 cm³/mol. The van der Waals surface area contributed by atoms with Crippen molar-refractivity contribution >= 4 is 5.91 Å². The van der Waals surface area contributed by atoms with Crippen LogP contribution in [0.4, 0.5) is 0 Å². The molecule has 0 saturated carbocycles. The number of methoxy groups -OCH3 is 2. The van der Waals surface area contributed by atoms with Crippen LogP contribution in [0, 0.1) is 5.92 Å². The van der Waals surface area contributed by atoms with Gasteiger partial charge in [-0.25, -0.2) is 0 Å². The number of nitrogens with two attached hydrogens (primary N) is 1. The number of nitrogens with zero attached hydrogens (tertiary/aromatic N) is 1. The minimum absolute atomic E-state index is 0.501. The Morgan fingerprint density at radius 1 is 1.56 bits per heavy atom. The first-order chi connectivity index (χ1) is 8.64. The van der Waals surface area contributed by atoms with Crippen molar-refractivity contribution < 1.29 is 14.3 Å². The minimum Gasteiger partial charge on any atom is -0.497 e. The molecule has 0 aromatic carbocycles. The molecule has 18 heavy (non-hydrogen) atoms. The number of hydrogen-bond acceptors (Lipinski definition) is 4. The van der Waals surface area contributed by atoms with E-state index in [2.05, 4.69) is 10.2 Å². The van der Waals surface area contributed by atoms with Crippen LogP contribution in [0.2, 0.25) is 0 Å². The van der Waals surface area contributed by atoms with Crippen LogP contribution in [0.15, 0.2) is 36.3 Å². The number of aromatic nitrogens is 2. The number of H-pyrrole nitrogens is 1. The van der Waals surface area contributed by atoms with Crippen molar-refractivity contribution in [2.75, 3.05) is 14.2 Å². The first kappa shape index (κ1) is 12.4. The molecule has 0 bridgehead atoms. The van der Waals surface area contributed by atoms with E-state index in [-0.39, 0.29) is 0 Å². The summed E-state index contributed by atoms with van der Waals surface area (Å²) in [5.74, 6) is -0.605. The summed E-state index contributed by atoms with van der Waals surface area (Å²) in [5, 5.41) is 6.79. The molecule has 1 aliphatic rings. The van der Waals surface area contributed by atoms with Crippen LogP contribution in [-0.2, 0) is 19.9 Å². The standard InChI is InChI=1S/C12H15N3O3/c1-17-8-3-5-12(18-2,9(7-8)11(13)16)10-4-6-14-15-10/h3-7,9H,1-2H3,(H2,13,16)(H,14,15). The Bertz CT molecular complexity index is 493. The lowest BCUT2D eigenvalue weighted by Crippen LogP contribution is -2.43. The summed E-state index contributed by atoms with van der Waals surface area (Å²) >= 11 is 0. The van der Waals surface area contributed by atoms with Crippen LogP contribution < -0.4 is 5.73 Å². The van der Waals surface area contributed by atoms with E-state index in [0.717, 1.165) is 0 Å². The molecule has 1 aromatic heterocycles. The smallest absolute Gasteiger partial charge is 0.228 e. The lowest BCUT2D eigenvalue weighted by molar-refractivity contribution is -0.128. The van der Waals surface area contributed by atoms with Crippen molar-refractivity contribution in [2.45, 2.75) is 5.60 Å². The van der Waals surface area contributed by atoms with Crippen LogP contribution in [0.25, 0.3) is 0 Å². The van der Waals surface area contributed by atoms with E-state index in [1.54, 1.807) is 30.5 Å².